The van der Waals surface area contributed by atoms with Crippen LogP contribution >= 0.6 is 0 Å². The van der Waals surface area contributed by atoms with Crippen LogP contribution in [0.4, 0.5) is 4.39 Å². The van der Waals surface area contributed by atoms with E-state index in [-0.39, 0.29) is 31.2 Å². The number of aromatic nitrogens is 1. The van der Waals surface area contributed by atoms with Gasteiger partial charge in [-0.25, -0.2) is 9.37 Å². The molecule has 24 heavy (non-hydrogen) atoms. The highest BCUT2D eigenvalue weighted by molar-refractivity contribution is 5.84. The molecule has 7 heteroatoms. The van der Waals surface area contributed by atoms with E-state index in [2.05, 4.69) is 15.6 Å². The summed E-state index contributed by atoms with van der Waals surface area (Å²) >= 11 is 0. The van der Waals surface area contributed by atoms with Gasteiger partial charge in [0.2, 0.25) is 11.8 Å². The molecule has 2 aromatic rings. The van der Waals surface area contributed by atoms with Crippen LogP contribution in [-0.4, -0.2) is 29.9 Å². The van der Waals surface area contributed by atoms with E-state index >= 15 is 0 Å². The Balaban J connectivity index is 1.80. The zero-order valence-electron chi connectivity index (χ0n) is 13.5. The van der Waals surface area contributed by atoms with E-state index in [0.29, 0.717) is 23.8 Å². The van der Waals surface area contributed by atoms with Gasteiger partial charge in [-0.05, 0) is 18.6 Å². The van der Waals surface area contributed by atoms with E-state index in [1.54, 1.807) is 18.2 Å². The van der Waals surface area contributed by atoms with Crippen molar-refractivity contribution in [2.45, 2.75) is 26.2 Å². The molecule has 0 radical (unpaired) electrons. The number of nitrogens with zero attached hydrogens (tertiary/aromatic N) is 1. The summed E-state index contributed by atoms with van der Waals surface area (Å²) in [5.74, 6) is -0.215. The largest absolute Gasteiger partial charge is 0.441 e. The SMILES string of the molecule is CCCNC(=O)CNC(=O)CCc1ncc(-c2ccccc2F)o1. The Morgan fingerprint density at radius 3 is 2.75 bits per heavy atom. The van der Waals surface area contributed by atoms with Gasteiger partial charge in [-0.3, -0.25) is 9.59 Å². The molecule has 2 N–H and O–H groups in total. The molecule has 0 bridgehead atoms. The first kappa shape index (κ1) is 17.7. The van der Waals surface area contributed by atoms with Crippen molar-refractivity contribution >= 4 is 11.8 Å². The molecule has 0 unspecified atom stereocenters. The summed E-state index contributed by atoms with van der Waals surface area (Å²) < 4.78 is 19.1. The molecular weight excluding hydrogens is 313 g/mol. The molecule has 0 saturated heterocycles. The number of aryl methyl sites for hydroxylation is 1. The highest BCUT2D eigenvalue weighted by Gasteiger charge is 2.12. The van der Waals surface area contributed by atoms with Crippen molar-refractivity contribution in [1.82, 2.24) is 15.6 Å². The van der Waals surface area contributed by atoms with Crippen molar-refractivity contribution in [3.05, 3.63) is 42.2 Å². The fraction of sp³-hybridized carbons (Fsp3) is 0.353. The minimum Gasteiger partial charge on any atom is -0.441 e. The van der Waals surface area contributed by atoms with Crippen LogP contribution in [-0.2, 0) is 16.0 Å². The Kier molecular flexibility index (Phi) is 6.48. The molecule has 0 spiro atoms. The van der Waals surface area contributed by atoms with Gasteiger partial charge in [0.05, 0.1) is 18.3 Å². The number of benzene rings is 1. The number of nitrogens with one attached hydrogen (secondary N) is 2. The monoisotopic (exact) mass is 333 g/mol. The molecule has 128 valence electrons. The van der Waals surface area contributed by atoms with Crippen molar-refractivity contribution < 1.29 is 18.4 Å². The molecule has 0 aliphatic rings. The Morgan fingerprint density at radius 1 is 1.21 bits per heavy atom. The summed E-state index contributed by atoms with van der Waals surface area (Å²) in [6.07, 6.45) is 2.69. The van der Waals surface area contributed by atoms with Crippen LogP contribution in [0.25, 0.3) is 11.3 Å². The average Bonchev–Trinajstić information content (AvgIpc) is 3.05. The van der Waals surface area contributed by atoms with Gasteiger partial charge in [-0.1, -0.05) is 19.1 Å². The first-order chi connectivity index (χ1) is 11.6. The first-order valence-electron chi connectivity index (χ1n) is 7.83. The van der Waals surface area contributed by atoms with Crippen molar-refractivity contribution in [3.63, 3.8) is 0 Å². The van der Waals surface area contributed by atoms with Crippen LogP contribution in [0.15, 0.2) is 34.9 Å². The summed E-state index contributed by atoms with van der Waals surface area (Å²) in [5.41, 5.74) is 0.327. The molecule has 1 aromatic carbocycles. The van der Waals surface area contributed by atoms with E-state index in [4.69, 9.17) is 4.42 Å². The van der Waals surface area contributed by atoms with Gasteiger partial charge in [0.15, 0.2) is 11.7 Å². The van der Waals surface area contributed by atoms with Gasteiger partial charge in [-0.2, -0.15) is 0 Å². The highest BCUT2D eigenvalue weighted by Crippen LogP contribution is 2.23. The van der Waals surface area contributed by atoms with Crippen LogP contribution in [0.5, 0.6) is 0 Å². The van der Waals surface area contributed by atoms with E-state index in [0.717, 1.165) is 6.42 Å². The summed E-state index contributed by atoms with van der Waals surface area (Å²) in [6.45, 7) is 2.49. The molecule has 0 aliphatic heterocycles. The Labute approximate surface area is 139 Å². The zero-order chi connectivity index (χ0) is 17.4. The number of amides is 2. The number of hydrogen-bond acceptors (Lipinski definition) is 4. The number of halogens is 1. The van der Waals surface area contributed by atoms with Crippen molar-refractivity contribution in [1.29, 1.82) is 0 Å². The van der Waals surface area contributed by atoms with Gasteiger partial charge < -0.3 is 15.1 Å². The summed E-state index contributed by atoms with van der Waals surface area (Å²) in [6, 6.07) is 6.24. The summed E-state index contributed by atoms with van der Waals surface area (Å²) in [5, 5.41) is 5.20. The lowest BCUT2D eigenvalue weighted by molar-refractivity contribution is -0.126. The Morgan fingerprint density at radius 2 is 2.00 bits per heavy atom. The van der Waals surface area contributed by atoms with Crippen LogP contribution in [0.1, 0.15) is 25.7 Å². The second-order valence-electron chi connectivity index (χ2n) is 5.22. The normalized spacial score (nSPS) is 10.4. The number of hydrogen-bond donors (Lipinski definition) is 2. The van der Waals surface area contributed by atoms with E-state index in [9.17, 15) is 14.0 Å². The maximum atomic E-state index is 13.7. The molecule has 1 aromatic heterocycles. The van der Waals surface area contributed by atoms with Crippen molar-refractivity contribution in [3.8, 4) is 11.3 Å². The predicted molar refractivity (Wildman–Crippen MR) is 86.5 cm³/mol. The Bertz CT molecular complexity index is 700. The van der Waals surface area contributed by atoms with E-state index in [1.807, 2.05) is 6.92 Å². The number of carbonyl (C=O) groups excluding carboxylic acids is 2. The maximum Gasteiger partial charge on any atom is 0.239 e. The summed E-state index contributed by atoms with van der Waals surface area (Å²) in [4.78, 5) is 27.1. The topological polar surface area (TPSA) is 84.2 Å². The lowest BCUT2D eigenvalue weighted by Gasteiger charge is -2.05. The Hall–Kier alpha value is -2.70. The molecule has 0 aliphatic carbocycles. The van der Waals surface area contributed by atoms with Crippen molar-refractivity contribution in [2.24, 2.45) is 0 Å². The molecule has 0 fully saturated rings. The van der Waals surface area contributed by atoms with Gasteiger partial charge >= 0.3 is 0 Å². The lowest BCUT2D eigenvalue weighted by atomic mass is 10.2. The highest BCUT2D eigenvalue weighted by atomic mass is 19.1. The maximum absolute atomic E-state index is 13.7. The van der Waals surface area contributed by atoms with Crippen LogP contribution in [0.3, 0.4) is 0 Å². The van der Waals surface area contributed by atoms with Gasteiger partial charge in [0.1, 0.15) is 5.82 Å². The smallest absolute Gasteiger partial charge is 0.239 e. The predicted octanol–water partition coefficient (Wildman–Crippen LogP) is 2.06. The molecule has 0 saturated carbocycles. The third kappa shape index (κ3) is 5.19. The quantitative estimate of drug-likeness (QED) is 0.774. The van der Waals surface area contributed by atoms with E-state index in [1.165, 1.54) is 12.3 Å². The zero-order valence-corrected chi connectivity index (χ0v) is 13.5. The fourth-order valence-corrected chi connectivity index (χ4v) is 2.03. The van der Waals surface area contributed by atoms with E-state index < -0.39 is 5.82 Å². The molecule has 2 amide bonds. The second kappa shape index (κ2) is 8.81. The minimum absolute atomic E-state index is 0.0507. The molecule has 2 rings (SSSR count). The number of carbonyl (C=O) groups is 2. The van der Waals surface area contributed by atoms with Gasteiger partial charge in [0, 0.05) is 19.4 Å². The molecular formula is C17H20FN3O3. The third-order valence-corrected chi connectivity index (χ3v) is 3.28. The van der Waals surface area contributed by atoms with Crippen LogP contribution < -0.4 is 10.6 Å². The van der Waals surface area contributed by atoms with Gasteiger partial charge in [0.25, 0.3) is 0 Å². The second-order valence-corrected chi connectivity index (χ2v) is 5.22. The molecule has 1 heterocycles. The number of oxazole rings is 1. The van der Waals surface area contributed by atoms with Gasteiger partial charge in [-0.15, -0.1) is 0 Å². The molecule has 0 atom stereocenters. The standard InChI is InChI=1S/C17H20FN3O3/c1-2-9-19-16(23)11-20-15(22)7-8-17-21-10-14(24-17)12-5-3-4-6-13(12)18/h3-6,10H,2,7-9,11H2,1H3,(H,19,23)(H,20,22). The van der Waals surface area contributed by atoms with Crippen LogP contribution in [0, 0.1) is 5.82 Å². The number of rotatable bonds is 8. The van der Waals surface area contributed by atoms with Crippen molar-refractivity contribution in [2.75, 3.05) is 13.1 Å². The third-order valence-electron chi connectivity index (χ3n) is 3.28. The first-order valence-corrected chi connectivity index (χ1v) is 7.83. The lowest BCUT2D eigenvalue weighted by Crippen LogP contribution is -2.37. The summed E-state index contributed by atoms with van der Waals surface area (Å²) in [7, 11) is 0. The molecule has 6 nitrogen and oxygen atoms in total. The average molecular weight is 333 g/mol. The van der Waals surface area contributed by atoms with Crippen LogP contribution in [0.2, 0.25) is 0 Å². The fourth-order valence-electron chi connectivity index (χ4n) is 2.03. The minimum atomic E-state index is -0.393.